The van der Waals surface area contributed by atoms with Crippen molar-refractivity contribution in [2.24, 2.45) is 0 Å². The molecule has 0 aliphatic carbocycles. The van der Waals surface area contributed by atoms with Crippen molar-refractivity contribution in [3.8, 4) is 11.5 Å². The second kappa shape index (κ2) is 11.4. The second-order valence-electron chi connectivity index (χ2n) is 7.36. The Hall–Kier alpha value is -2.29. The minimum absolute atomic E-state index is 0.0286. The topological polar surface area (TPSA) is 46.5 Å². The monoisotopic (exact) mass is 370 g/mol. The lowest BCUT2D eigenvalue weighted by atomic mass is 10.00. The first-order valence-electron chi connectivity index (χ1n) is 9.60. The molecule has 0 aliphatic heterocycles. The Morgan fingerprint density at radius 2 is 1.56 bits per heavy atom. The van der Waals surface area contributed by atoms with Crippen molar-refractivity contribution in [1.29, 1.82) is 0 Å². The number of rotatable bonds is 10. The molecule has 0 amide bonds. The summed E-state index contributed by atoms with van der Waals surface area (Å²) in [5, 5.41) is 10.4. The van der Waals surface area contributed by atoms with E-state index in [1.165, 1.54) is 23.6 Å². The molecule has 3 heteroatoms. The van der Waals surface area contributed by atoms with Crippen LogP contribution in [0.5, 0.6) is 11.5 Å². The van der Waals surface area contributed by atoms with Crippen molar-refractivity contribution in [3.63, 3.8) is 0 Å². The average Bonchev–Trinajstić information content (AvgIpc) is 2.59. The van der Waals surface area contributed by atoms with Gasteiger partial charge in [0.1, 0.15) is 11.5 Å². The minimum atomic E-state index is -0.147. The fourth-order valence-corrected chi connectivity index (χ4v) is 2.91. The fraction of sp³-hybridized carbons (Fsp3) is 0.458. The summed E-state index contributed by atoms with van der Waals surface area (Å²) in [4.78, 5) is 11.6. The van der Waals surface area contributed by atoms with Gasteiger partial charge in [0.2, 0.25) is 0 Å². The number of hydrogen-bond acceptors (Lipinski definition) is 3. The lowest BCUT2D eigenvalue weighted by Crippen LogP contribution is -1.99. The number of benzene rings is 1. The Morgan fingerprint density at radius 3 is 2.11 bits per heavy atom. The van der Waals surface area contributed by atoms with Gasteiger partial charge in [-0.25, -0.2) is 0 Å². The maximum Gasteiger partial charge on any atom is 0.163 e. The number of aromatic hydroxyl groups is 1. The number of ketones is 1. The van der Waals surface area contributed by atoms with E-state index in [-0.39, 0.29) is 11.5 Å². The molecule has 1 aromatic rings. The lowest BCUT2D eigenvalue weighted by Gasteiger charge is -2.12. The smallest absolute Gasteiger partial charge is 0.163 e. The van der Waals surface area contributed by atoms with E-state index in [0.29, 0.717) is 23.3 Å². The van der Waals surface area contributed by atoms with Crippen LogP contribution in [0.1, 0.15) is 76.2 Å². The third kappa shape index (κ3) is 7.86. The molecule has 0 unspecified atom stereocenters. The molecular weight excluding hydrogens is 336 g/mol. The molecular formula is C24H34O3. The van der Waals surface area contributed by atoms with Crippen LogP contribution < -0.4 is 4.74 Å². The number of ether oxygens (including phenoxy) is 1. The van der Waals surface area contributed by atoms with Crippen LogP contribution in [0.2, 0.25) is 0 Å². The Labute approximate surface area is 164 Å². The third-order valence-electron chi connectivity index (χ3n) is 4.62. The zero-order valence-corrected chi connectivity index (χ0v) is 17.7. The van der Waals surface area contributed by atoms with Gasteiger partial charge in [0.15, 0.2) is 5.78 Å². The number of phenols is 1. The van der Waals surface area contributed by atoms with Gasteiger partial charge in [-0.1, -0.05) is 34.9 Å². The maximum absolute atomic E-state index is 11.6. The maximum atomic E-state index is 11.6. The van der Waals surface area contributed by atoms with Crippen molar-refractivity contribution in [1.82, 2.24) is 0 Å². The SMILES string of the molecule is COc1ccc(C(C)=O)c(O)c1C/C=C(\C)CC/C=C(\C)CCC=C(C)C. The number of carbonyl (C=O) groups excluding carboxylic acids is 1. The Kier molecular flexibility index (Phi) is 9.63. The summed E-state index contributed by atoms with van der Waals surface area (Å²) in [5.74, 6) is 0.489. The van der Waals surface area contributed by atoms with Crippen LogP contribution in [-0.2, 0) is 6.42 Å². The van der Waals surface area contributed by atoms with E-state index in [0.717, 1.165) is 25.7 Å². The molecule has 0 bridgehead atoms. The zero-order chi connectivity index (χ0) is 20.4. The van der Waals surface area contributed by atoms with E-state index in [1.807, 2.05) is 0 Å². The first-order chi connectivity index (χ1) is 12.8. The van der Waals surface area contributed by atoms with Crippen molar-refractivity contribution >= 4 is 5.78 Å². The minimum Gasteiger partial charge on any atom is -0.507 e. The molecule has 0 heterocycles. The van der Waals surface area contributed by atoms with Gasteiger partial charge < -0.3 is 9.84 Å². The number of methoxy groups -OCH3 is 1. The van der Waals surface area contributed by atoms with Crippen LogP contribution in [0.4, 0.5) is 0 Å². The van der Waals surface area contributed by atoms with Crippen LogP contribution in [0.3, 0.4) is 0 Å². The van der Waals surface area contributed by atoms with Crippen molar-refractivity contribution < 1.29 is 14.6 Å². The summed E-state index contributed by atoms with van der Waals surface area (Å²) in [6.07, 6.45) is 11.4. The molecule has 0 aliphatic rings. The standard InChI is InChI=1S/C24H34O3/c1-17(2)9-7-10-18(3)11-8-12-19(4)13-14-22-23(27-6)16-15-21(20(5)25)24(22)26/h9,11,13,15-16,26H,7-8,10,12,14H2,1-6H3/b18-11+,19-13+. The van der Waals surface area contributed by atoms with Gasteiger partial charge in [0.05, 0.1) is 12.7 Å². The second-order valence-corrected chi connectivity index (χ2v) is 7.36. The van der Waals surface area contributed by atoms with Crippen LogP contribution >= 0.6 is 0 Å². The summed E-state index contributed by atoms with van der Waals surface area (Å²) in [6.45, 7) is 10.0. The average molecular weight is 371 g/mol. The molecule has 1 aromatic carbocycles. The first-order valence-corrected chi connectivity index (χ1v) is 9.60. The summed E-state index contributed by atoms with van der Waals surface area (Å²) < 4.78 is 5.35. The Balaban J connectivity index is 2.70. The molecule has 0 spiro atoms. The van der Waals surface area contributed by atoms with Crippen molar-refractivity contribution in [3.05, 3.63) is 58.2 Å². The van der Waals surface area contributed by atoms with Gasteiger partial charge >= 0.3 is 0 Å². The van der Waals surface area contributed by atoms with Gasteiger partial charge in [-0.15, -0.1) is 0 Å². The molecule has 0 aromatic heterocycles. The van der Waals surface area contributed by atoms with Crippen LogP contribution in [0.15, 0.2) is 47.1 Å². The van der Waals surface area contributed by atoms with Crippen LogP contribution in [0, 0.1) is 0 Å². The molecule has 0 fully saturated rings. The van der Waals surface area contributed by atoms with E-state index in [9.17, 15) is 9.90 Å². The molecule has 27 heavy (non-hydrogen) atoms. The molecule has 0 atom stereocenters. The Bertz CT molecular complexity index is 732. The van der Waals surface area contributed by atoms with E-state index in [2.05, 4.69) is 45.9 Å². The molecule has 0 radical (unpaired) electrons. The van der Waals surface area contributed by atoms with E-state index in [4.69, 9.17) is 4.74 Å². The number of allylic oxidation sites excluding steroid dienone is 6. The highest BCUT2D eigenvalue weighted by Gasteiger charge is 2.15. The number of hydrogen-bond donors (Lipinski definition) is 1. The van der Waals surface area contributed by atoms with E-state index >= 15 is 0 Å². The molecule has 1 N–H and O–H groups in total. The van der Waals surface area contributed by atoms with E-state index < -0.39 is 0 Å². The summed E-state index contributed by atoms with van der Waals surface area (Å²) >= 11 is 0. The number of carbonyl (C=O) groups is 1. The predicted molar refractivity (Wildman–Crippen MR) is 114 cm³/mol. The normalized spacial score (nSPS) is 12.1. The quantitative estimate of drug-likeness (QED) is 0.374. The van der Waals surface area contributed by atoms with Crippen LogP contribution in [-0.4, -0.2) is 18.0 Å². The molecule has 1 rings (SSSR count). The zero-order valence-electron chi connectivity index (χ0n) is 17.7. The van der Waals surface area contributed by atoms with Gasteiger partial charge in [0.25, 0.3) is 0 Å². The number of phenolic OH excluding ortho intramolecular Hbond substituents is 1. The largest absolute Gasteiger partial charge is 0.507 e. The predicted octanol–water partition coefficient (Wildman–Crippen LogP) is 6.57. The van der Waals surface area contributed by atoms with Gasteiger partial charge in [-0.2, -0.15) is 0 Å². The van der Waals surface area contributed by atoms with Crippen molar-refractivity contribution in [2.75, 3.05) is 7.11 Å². The summed E-state index contributed by atoms with van der Waals surface area (Å²) in [5.41, 5.74) is 5.06. The van der Waals surface area contributed by atoms with Gasteiger partial charge in [-0.05, 0) is 78.9 Å². The first kappa shape index (κ1) is 22.8. The summed E-state index contributed by atoms with van der Waals surface area (Å²) in [6, 6.07) is 3.35. The number of Topliss-reactive ketones (excluding diaryl/α,β-unsaturated/α-hetero) is 1. The van der Waals surface area contributed by atoms with Gasteiger partial charge in [-0.3, -0.25) is 4.79 Å². The van der Waals surface area contributed by atoms with Crippen LogP contribution in [0.25, 0.3) is 0 Å². The summed E-state index contributed by atoms with van der Waals surface area (Å²) in [7, 11) is 1.57. The molecule has 0 saturated heterocycles. The fourth-order valence-electron chi connectivity index (χ4n) is 2.91. The highest BCUT2D eigenvalue weighted by Crippen LogP contribution is 2.32. The molecule has 0 saturated carbocycles. The molecule has 148 valence electrons. The molecule has 3 nitrogen and oxygen atoms in total. The van der Waals surface area contributed by atoms with Gasteiger partial charge in [0, 0.05) is 5.56 Å². The van der Waals surface area contributed by atoms with Crippen molar-refractivity contribution in [2.45, 2.75) is 66.7 Å². The Morgan fingerprint density at radius 1 is 0.963 bits per heavy atom. The highest BCUT2D eigenvalue weighted by molar-refractivity contribution is 5.97. The van der Waals surface area contributed by atoms with E-state index in [1.54, 1.807) is 19.2 Å². The lowest BCUT2D eigenvalue weighted by molar-refractivity contribution is 0.101. The highest BCUT2D eigenvalue weighted by atomic mass is 16.5. The third-order valence-corrected chi connectivity index (χ3v) is 4.62.